The van der Waals surface area contributed by atoms with Gasteiger partial charge in [0.25, 0.3) is 11.5 Å². The van der Waals surface area contributed by atoms with Gasteiger partial charge in [-0.3, -0.25) is 14.9 Å². The molecule has 7 heteroatoms. The summed E-state index contributed by atoms with van der Waals surface area (Å²) in [4.78, 5) is 29.1. The Bertz CT molecular complexity index is 932. The molecule has 0 fully saturated rings. The van der Waals surface area contributed by atoms with Crippen molar-refractivity contribution >= 4 is 38.3 Å². The Kier molecular flexibility index (Phi) is 4.92. The van der Waals surface area contributed by atoms with E-state index < -0.39 is 0 Å². The van der Waals surface area contributed by atoms with Crippen LogP contribution in [0.4, 0.5) is 5.13 Å². The van der Waals surface area contributed by atoms with E-state index in [-0.39, 0.29) is 11.5 Å². The number of thiazole rings is 1. The molecule has 0 saturated carbocycles. The average molecular weight is 404 g/mol. The number of aromatic nitrogens is 2. The highest BCUT2D eigenvalue weighted by molar-refractivity contribution is 9.10. The van der Waals surface area contributed by atoms with Crippen molar-refractivity contribution in [1.82, 2.24) is 9.55 Å². The van der Waals surface area contributed by atoms with Crippen LogP contribution in [0.1, 0.15) is 20.8 Å². The van der Waals surface area contributed by atoms with Gasteiger partial charge in [0.15, 0.2) is 5.13 Å². The van der Waals surface area contributed by atoms with Crippen molar-refractivity contribution in [1.29, 1.82) is 0 Å². The standard InChI is InChI=1S/C17H14BrN3O2S/c1-21-7-6-12(9-15(21)22)16(23)20-17-19-10-14(24-17)8-11-2-4-13(18)5-3-11/h2-7,9-10H,8H2,1H3,(H,19,20,23). The summed E-state index contributed by atoms with van der Waals surface area (Å²) >= 11 is 4.84. The fourth-order valence-electron chi connectivity index (χ4n) is 2.11. The van der Waals surface area contributed by atoms with E-state index in [9.17, 15) is 9.59 Å². The number of amides is 1. The predicted octanol–water partition coefficient (Wildman–Crippen LogP) is 3.45. The third-order valence-corrected chi connectivity index (χ3v) is 4.87. The Morgan fingerprint density at radius 3 is 2.75 bits per heavy atom. The molecule has 3 rings (SSSR count). The third-order valence-electron chi connectivity index (χ3n) is 3.43. The van der Waals surface area contributed by atoms with E-state index in [1.165, 1.54) is 27.5 Å². The number of nitrogens with one attached hydrogen (secondary N) is 1. The monoisotopic (exact) mass is 403 g/mol. The van der Waals surface area contributed by atoms with Crippen molar-refractivity contribution in [3.05, 3.63) is 79.6 Å². The van der Waals surface area contributed by atoms with Crippen LogP contribution in [0.15, 0.2) is 58.1 Å². The molecule has 2 heterocycles. The van der Waals surface area contributed by atoms with Crippen LogP contribution < -0.4 is 10.9 Å². The molecule has 0 spiro atoms. The Balaban J connectivity index is 1.69. The van der Waals surface area contributed by atoms with Gasteiger partial charge in [0, 0.05) is 46.8 Å². The lowest BCUT2D eigenvalue weighted by Crippen LogP contribution is -2.19. The summed E-state index contributed by atoms with van der Waals surface area (Å²) in [6.07, 6.45) is 4.08. The van der Waals surface area contributed by atoms with Crippen molar-refractivity contribution in [2.45, 2.75) is 6.42 Å². The van der Waals surface area contributed by atoms with Crippen LogP contribution in [0.25, 0.3) is 0 Å². The molecule has 1 aromatic carbocycles. The predicted molar refractivity (Wildman–Crippen MR) is 98.7 cm³/mol. The van der Waals surface area contributed by atoms with Crippen LogP contribution in [-0.2, 0) is 13.5 Å². The Hall–Kier alpha value is -2.25. The van der Waals surface area contributed by atoms with Gasteiger partial charge >= 0.3 is 0 Å². The normalized spacial score (nSPS) is 10.6. The largest absolute Gasteiger partial charge is 0.319 e. The summed E-state index contributed by atoms with van der Waals surface area (Å²) in [5.41, 5.74) is 1.27. The zero-order valence-electron chi connectivity index (χ0n) is 12.8. The molecule has 122 valence electrons. The topological polar surface area (TPSA) is 64.0 Å². The molecule has 5 nitrogen and oxygen atoms in total. The van der Waals surface area contributed by atoms with Crippen molar-refractivity contribution in [2.24, 2.45) is 7.05 Å². The number of benzene rings is 1. The van der Waals surface area contributed by atoms with Crippen LogP contribution in [-0.4, -0.2) is 15.5 Å². The number of nitrogens with zero attached hydrogens (tertiary/aromatic N) is 2. The fourth-order valence-corrected chi connectivity index (χ4v) is 3.22. The molecule has 0 aliphatic carbocycles. The molecule has 0 unspecified atom stereocenters. The first-order valence-electron chi connectivity index (χ1n) is 7.18. The number of rotatable bonds is 4. The van der Waals surface area contributed by atoms with Crippen molar-refractivity contribution < 1.29 is 4.79 Å². The summed E-state index contributed by atoms with van der Waals surface area (Å²) in [7, 11) is 1.64. The van der Waals surface area contributed by atoms with E-state index in [2.05, 4.69) is 26.2 Å². The molecular formula is C17H14BrN3O2S. The number of hydrogen-bond donors (Lipinski definition) is 1. The molecular weight excluding hydrogens is 390 g/mol. The van der Waals surface area contributed by atoms with Gasteiger partial charge in [-0.05, 0) is 23.8 Å². The second-order valence-corrected chi connectivity index (χ2v) is 7.28. The first-order chi connectivity index (χ1) is 11.5. The van der Waals surface area contributed by atoms with Gasteiger partial charge in [-0.2, -0.15) is 0 Å². The van der Waals surface area contributed by atoms with Crippen LogP contribution in [0.5, 0.6) is 0 Å². The smallest absolute Gasteiger partial charge is 0.257 e. The number of halogens is 1. The van der Waals surface area contributed by atoms with Gasteiger partial charge in [0.05, 0.1) is 0 Å². The van der Waals surface area contributed by atoms with Gasteiger partial charge in [-0.15, -0.1) is 11.3 Å². The Morgan fingerprint density at radius 2 is 2.04 bits per heavy atom. The van der Waals surface area contributed by atoms with Crippen molar-refractivity contribution in [3.8, 4) is 0 Å². The number of carbonyl (C=O) groups is 1. The molecule has 0 saturated heterocycles. The average Bonchev–Trinajstić information content (AvgIpc) is 2.99. The quantitative estimate of drug-likeness (QED) is 0.725. The van der Waals surface area contributed by atoms with Crippen LogP contribution in [0, 0.1) is 0 Å². The maximum Gasteiger partial charge on any atom is 0.257 e. The summed E-state index contributed by atoms with van der Waals surface area (Å²) in [5, 5.41) is 3.25. The highest BCUT2D eigenvalue weighted by atomic mass is 79.9. The van der Waals surface area contributed by atoms with Gasteiger partial charge in [0.1, 0.15) is 0 Å². The van der Waals surface area contributed by atoms with Crippen LogP contribution in [0.3, 0.4) is 0 Å². The minimum absolute atomic E-state index is 0.224. The molecule has 24 heavy (non-hydrogen) atoms. The summed E-state index contributed by atoms with van der Waals surface area (Å²) < 4.78 is 2.45. The SMILES string of the molecule is Cn1ccc(C(=O)Nc2ncc(Cc3ccc(Br)cc3)s2)cc1=O. The lowest BCUT2D eigenvalue weighted by molar-refractivity contribution is 0.102. The Labute approximate surface area is 151 Å². The highest BCUT2D eigenvalue weighted by Crippen LogP contribution is 2.22. The third kappa shape index (κ3) is 3.98. The maximum atomic E-state index is 12.2. The summed E-state index contributed by atoms with van der Waals surface area (Å²) in [6, 6.07) is 11.0. The lowest BCUT2D eigenvalue weighted by atomic mass is 10.1. The zero-order chi connectivity index (χ0) is 17.1. The molecule has 0 radical (unpaired) electrons. The molecule has 0 aliphatic heterocycles. The van der Waals surface area contributed by atoms with Crippen molar-refractivity contribution in [3.63, 3.8) is 0 Å². The maximum absolute atomic E-state index is 12.2. The second kappa shape index (κ2) is 7.11. The highest BCUT2D eigenvalue weighted by Gasteiger charge is 2.10. The number of pyridine rings is 1. The summed E-state index contributed by atoms with van der Waals surface area (Å²) in [5.74, 6) is -0.336. The number of anilines is 1. The number of aryl methyl sites for hydroxylation is 1. The minimum atomic E-state index is -0.336. The van der Waals surface area contributed by atoms with Crippen LogP contribution in [0.2, 0.25) is 0 Å². The first kappa shape index (κ1) is 16.6. The van der Waals surface area contributed by atoms with Crippen molar-refractivity contribution in [2.75, 3.05) is 5.32 Å². The number of hydrogen-bond acceptors (Lipinski definition) is 4. The molecule has 0 atom stereocenters. The molecule has 3 aromatic rings. The van der Waals surface area contributed by atoms with Gasteiger partial charge in [-0.1, -0.05) is 28.1 Å². The second-order valence-electron chi connectivity index (χ2n) is 5.25. The fraction of sp³-hybridized carbons (Fsp3) is 0.118. The lowest BCUT2D eigenvalue weighted by Gasteiger charge is -2.02. The van der Waals surface area contributed by atoms with E-state index in [1.807, 2.05) is 24.3 Å². The van der Waals surface area contributed by atoms with E-state index in [4.69, 9.17) is 0 Å². The van der Waals surface area contributed by atoms with E-state index in [1.54, 1.807) is 25.5 Å². The van der Waals surface area contributed by atoms with E-state index >= 15 is 0 Å². The number of carbonyl (C=O) groups excluding carboxylic acids is 1. The molecule has 1 N–H and O–H groups in total. The summed E-state index contributed by atoms with van der Waals surface area (Å²) in [6.45, 7) is 0. The van der Waals surface area contributed by atoms with Gasteiger partial charge in [0.2, 0.25) is 0 Å². The zero-order valence-corrected chi connectivity index (χ0v) is 15.2. The minimum Gasteiger partial charge on any atom is -0.319 e. The Morgan fingerprint density at radius 1 is 1.29 bits per heavy atom. The molecule has 0 bridgehead atoms. The molecule has 0 aliphatic rings. The van der Waals surface area contributed by atoms with E-state index in [0.29, 0.717) is 10.7 Å². The molecule has 1 amide bonds. The first-order valence-corrected chi connectivity index (χ1v) is 8.79. The van der Waals surface area contributed by atoms with Gasteiger partial charge in [-0.25, -0.2) is 4.98 Å². The molecule has 2 aromatic heterocycles. The van der Waals surface area contributed by atoms with Gasteiger partial charge < -0.3 is 4.57 Å². The van der Waals surface area contributed by atoms with Crippen LogP contribution >= 0.6 is 27.3 Å². The van der Waals surface area contributed by atoms with E-state index in [0.717, 1.165) is 15.8 Å².